The van der Waals surface area contributed by atoms with E-state index < -0.39 is 0 Å². The highest BCUT2D eigenvalue weighted by molar-refractivity contribution is 5.44. The second-order valence-electron chi connectivity index (χ2n) is 2.71. The number of nitrogens with one attached hydrogen (secondary N) is 1. The number of nitrogens with zero attached hydrogens (tertiary/aromatic N) is 1. The highest BCUT2D eigenvalue weighted by Gasteiger charge is 2.00. The Bertz CT molecular complexity index is 226. The summed E-state index contributed by atoms with van der Waals surface area (Å²) in [6.45, 7) is 3.69. The van der Waals surface area contributed by atoms with Gasteiger partial charge in [-0.15, -0.1) is 0 Å². The number of benzene rings is 1. The van der Waals surface area contributed by atoms with Crippen molar-refractivity contribution in [2.24, 2.45) is 0 Å². The Morgan fingerprint density at radius 1 is 1.31 bits per heavy atom. The topological polar surface area (TPSA) is 35.5 Å². The number of para-hydroxylation sites is 1. The van der Waals surface area contributed by atoms with E-state index in [-0.39, 0.29) is 6.61 Å². The summed E-state index contributed by atoms with van der Waals surface area (Å²) in [7, 11) is 0. The third-order valence-corrected chi connectivity index (χ3v) is 1.80. The number of hydrazine groups is 1. The molecule has 0 aliphatic rings. The van der Waals surface area contributed by atoms with Crippen molar-refractivity contribution in [3.63, 3.8) is 0 Å². The van der Waals surface area contributed by atoms with Crippen LogP contribution in [-0.4, -0.2) is 24.8 Å². The molecule has 0 radical (unpaired) electrons. The lowest BCUT2D eigenvalue weighted by Gasteiger charge is -2.23. The van der Waals surface area contributed by atoms with Crippen LogP contribution in [-0.2, 0) is 0 Å². The maximum atomic E-state index is 8.67. The molecule has 3 nitrogen and oxygen atoms in total. The zero-order valence-electron chi connectivity index (χ0n) is 7.90. The van der Waals surface area contributed by atoms with Gasteiger partial charge in [-0.2, -0.15) is 0 Å². The van der Waals surface area contributed by atoms with E-state index in [0.717, 1.165) is 12.2 Å². The van der Waals surface area contributed by atoms with Crippen LogP contribution in [0.15, 0.2) is 30.3 Å². The van der Waals surface area contributed by atoms with E-state index in [0.29, 0.717) is 6.54 Å². The first-order valence-corrected chi connectivity index (χ1v) is 4.55. The predicted octanol–water partition coefficient (Wildman–Crippen LogP) is 1.01. The summed E-state index contributed by atoms with van der Waals surface area (Å²) in [6, 6.07) is 10.1. The Kier molecular flexibility index (Phi) is 4.29. The van der Waals surface area contributed by atoms with Crippen molar-refractivity contribution in [3.8, 4) is 0 Å². The fourth-order valence-corrected chi connectivity index (χ4v) is 1.18. The van der Waals surface area contributed by atoms with E-state index in [4.69, 9.17) is 5.11 Å². The van der Waals surface area contributed by atoms with Crippen LogP contribution in [0.25, 0.3) is 0 Å². The standard InChI is InChI=1S/C10H16N2O/c1-2-12(11-8-9-13)10-6-4-3-5-7-10/h3-7,11,13H,2,8-9H2,1H3. The number of aliphatic hydroxyl groups is 1. The molecular weight excluding hydrogens is 164 g/mol. The first-order chi connectivity index (χ1) is 6.38. The van der Waals surface area contributed by atoms with Gasteiger partial charge in [-0.05, 0) is 19.1 Å². The van der Waals surface area contributed by atoms with Crippen molar-refractivity contribution < 1.29 is 5.11 Å². The van der Waals surface area contributed by atoms with Crippen molar-refractivity contribution in [1.82, 2.24) is 5.43 Å². The van der Waals surface area contributed by atoms with Gasteiger partial charge in [0.1, 0.15) is 0 Å². The lowest BCUT2D eigenvalue weighted by Crippen LogP contribution is -2.39. The van der Waals surface area contributed by atoms with Crippen molar-refractivity contribution in [2.75, 3.05) is 24.7 Å². The van der Waals surface area contributed by atoms with Crippen molar-refractivity contribution in [3.05, 3.63) is 30.3 Å². The van der Waals surface area contributed by atoms with Gasteiger partial charge in [-0.1, -0.05) is 18.2 Å². The second kappa shape index (κ2) is 5.56. The monoisotopic (exact) mass is 180 g/mol. The van der Waals surface area contributed by atoms with Crippen LogP contribution in [0.3, 0.4) is 0 Å². The molecule has 2 N–H and O–H groups in total. The number of aliphatic hydroxyl groups excluding tert-OH is 1. The smallest absolute Gasteiger partial charge is 0.0574 e. The van der Waals surface area contributed by atoms with Gasteiger partial charge in [0.2, 0.25) is 0 Å². The highest BCUT2D eigenvalue weighted by atomic mass is 16.3. The first kappa shape index (κ1) is 10.0. The van der Waals surface area contributed by atoms with Crippen LogP contribution in [0, 0.1) is 0 Å². The van der Waals surface area contributed by atoms with E-state index in [1.807, 2.05) is 35.3 Å². The number of hydrogen-bond donors (Lipinski definition) is 2. The summed E-state index contributed by atoms with van der Waals surface area (Å²) < 4.78 is 0. The number of rotatable bonds is 5. The molecule has 3 heteroatoms. The van der Waals surface area contributed by atoms with Crippen molar-refractivity contribution in [2.45, 2.75) is 6.92 Å². The molecule has 0 spiro atoms. The third-order valence-electron chi connectivity index (χ3n) is 1.80. The summed E-state index contributed by atoms with van der Waals surface area (Å²) in [6.07, 6.45) is 0. The summed E-state index contributed by atoms with van der Waals surface area (Å²) in [4.78, 5) is 0. The highest BCUT2D eigenvalue weighted by Crippen LogP contribution is 2.09. The van der Waals surface area contributed by atoms with Gasteiger partial charge in [-0.3, -0.25) is 0 Å². The molecule has 13 heavy (non-hydrogen) atoms. The van der Waals surface area contributed by atoms with Crippen LogP contribution >= 0.6 is 0 Å². The Morgan fingerprint density at radius 3 is 2.54 bits per heavy atom. The molecule has 0 atom stereocenters. The van der Waals surface area contributed by atoms with Gasteiger partial charge in [0.25, 0.3) is 0 Å². The Balaban J connectivity index is 2.56. The molecule has 0 bridgehead atoms. The molecule has 0 saturated heterocycles. The van der Waals surface area contributed by atoms with Crippen molar-refractivity contribution in [1.29, 1.82) is 0 Å². The minimum atomic E-state index is 0.156. The van der Waals surface area contributed by atoms with Crippen LogP contribution in [0.4, 0.5) is 5.69 Å². The van der Waals surface area contributed by atoms with E-state index in [1.54, 1.807) is 0 Å². The SMILES string of the molecule is CCN(NCCO)c1ccccc1. The fourth-order valence-electron chi connectivity index (χ4n) is 1.18. The zero-order valence-corrected chi connectivity index (χ0v) is 7.90. The first-order valence-electron chi connectivity index (χ1n) is 4.55. The Hall–Kier alpha value is -1.06. The van der Waals surface area contributed by atoms with Crippen LogP contribution in [0.1, 0.15) is 6.92 Å². The van der Waals surface area contributed by atoms with Crippen molar-refractivity contribution >= 4 is 5.69 Å². The maximum Gasteiger partial charge on any atom is 0.0574 e. The molecule has 0 aromatic heterocycles. The molecule has 0 aliphatic carbocycles. The number of hydrogen-bond acceptors (Lipinski definition) is 3. The molecule has 0 amide bonds. The fraction of sp³-hybridized carbons (Fsp3) is 0.400. The molecular formula is C10H16N2O. The molecule has 0 unspecified atom stereocenters. The molecule has 0 heterocycles. The van der Waals surface area contributed by atoms with E-state index in [9.17, 15) is 0 Å². The van der Waals surface area contributed by atoms with Gasteiger partial charge in [-0.25, -0.2) is 5.43 Å². The number of anilines is 1. The van der Waals surface area contributed by atoms with Gasteiger partial charge >= 0.3 is 0 Å². The average Bonchev–Trinajstić information content (AvgIpc) is 2.21. The quantitative estimate of drug-likeness (QED) is 0.664. The Morgan fingerprint density at radius 2 is 2.00 bits per heavy atom. The van der Waals surface area contributed by atoms with Gasteiger partial charge in [0, 0.05) is 13.1 Å². The summed E-state index contributed by atoms with van der Waals surface area (Å²) in [5.41, 5.74) is 4.24. The average molecular weight is 180 g/mol. The lowest BCUT2D eigenvalue weighted by molar-refractivity contribution is 0.290. The van der Waals surface area contributed by atoms with E-state index in [1.165, 1.54) is 0 Å². The second-order valence-corrected chi connectivity index (χ2v) is 2.71. The minimum Gasteiger partial charge on any atom is -0.395 e. The Labute approximate surface area is 79.0 Å². The predicted molar refractivity (Wildman–Crippen MR) is 54.6 cm³/mol. The molecule has 72 valence electrons. The van der Waals surface area contributed by atoms with E-state index >= 15 is 0 Å². The summed E-state index contributed by atoms with van der Waals surface area (Å²) in [5.74, 6) is 0. The molecule has 1 aromatic rings. The van der Waals surface area contributed by atoms with Crippen LogP contribution in [0.2, 0.25) is 0 Å². The summed E-state index contributed by atoms with van der Waals surface area (Å²) in [5, 5.41) is 10.7. The molecule has 1 rings (SSSR count). The molecule has 1 aromatic carbocycles. The molecule has 0 aliphatic heterocycles. The van der Waals surface area contributed by atoms with Gasteiger partial charge < -0.3 is 10.1 Å². The van der Waals surface area contributed by atoms with Crippen LogP contribution in [0.5, 0.6) is 0 Å². The minimum absolute atomic E-state index is 0.156. The zero-order chi connectivity index (χ0) is 9.52. The maximum absolute atomic E-state index is 8.67. The lowest BCUT2D eigenvalue weighted by atomic mass is 10.3. The normalized spacial score (nSPS) is 10.0. The van der Waals surface area contributed by atoms with Gasteiger partial charge in [0.05, 0.1) is 12.3 Å². The largest absolute Gasteiger partial charge is 0.395 e. The van der Waals surface area contributed by atoms with Crippen LogP contribution < -0.4 is 10.4 Å². The van der Waals surface area contributed by atoms with E-state index in [2.05, 4.69) is 12.3 Å². The third kappa shape index (κ3) is 3.05. The molecule has 0 saturated carbocycles. The summed E-state index contributed by atoms with van der Waals surface area (Å²) >= 11 is 0. The van der Waals surface area contributed by atoms with Gasteiger partial charge in [0.15, 0.2) is 0 Å². The molecule has 0 fully saturated rings.